The van der Waals surface area contributed by atoms with Crippen LogP contribution in [0.2, 0.25) is 5.02 Å². The molecule has 2 aromatic carbocycles. The van der Waals surface area contributed by atoms with Crippen LogP contribution in [0.4, 0.5) is 4.39 Å². The largest absolute Gasteiger partial charge is 0.310 e. The van der Waals surface area contributed by atoms with Gasteiger partial charge in [0.1, 0.15) is 5.82 Å². The van der Waals surface area contributed by atoms with E-state index in [0.29, 0.717) is 0 Å². The van der Waals surface area contributed by atoms with Crippen LogP contribution in [0.5, 0.6) is 0 Å². The van der Waals surface area contributed by atoms with Crippen LogP contribution in [0.25, 0.3) is 0 Å². The molecule has 0 saturated heterocycles. The molecule has 112 valence electrons. The first-order valence-electron chi connectivity index (χ1n) is 7.03. The van der Waals surface area contributed by atoms with Crippen molar-refractivity contribution >= 4 is 27.5 Å². The highest BCUT2D eigenvalue weighted by Crippen LogP contribution is 2.24. The smallest absolute Gasteiger partial charge is 0.141 e. The minimum atomic E-state index is -0.377. The highest BCUT2D eigenvalue weighted by atomic mass is 79.9. The third kappa shape index (κ3) is 4.80. The summed E-state index contributed by atoms with van der Waals surface area (Å²) in [7, 11) is 0. The van der Waals surface area contributed by atoms with Gasteiger partial charge in [0.15, 0.2) is 0 Å². The number of nitrogens with one attached hydrogen (secondary N) is 1. The summed E-state index contributed by atoms with van der Waals surface area (Å²) in [5.41, 5.74) is 2.24. The summed E-state index contributed by atoms with van der Waals surface area (Å²) >= 11 is 9.35. The van der Waals surface area contributed by atoms with E-state index in [1.165, 1.54) is 11.6 Å². The van der Waals surface area contributed by atoms with Crippen LogP contribution in [-0.4, -0.2) is 6.54 Å². The maximum Gasteiger partial charge on any atom is 0.141 e. The standard InChI is InChI=1S/C17H18BrClFN/c1-2-9-21-17(10-12-3-6-14(18)7-4-12)13-5-8-16(20)15(19)11-13/h3-8,11,17,21H,2,9-10H2,1H3. The third-order valence-electron chi connectivity index (χ3n) is 3.34. The van der Waals surface area contributed by atoms with Gasteiger partial charge in [0.2, 0.25) is 0 Å². The fourth-order valence-corrected chi connectivity index (χ4v) is 2.67. The monoisotopic (exact) mass is 369 g/mol. The molecule has 0 aliphatic carbocycles. The zero-order chi connectivity index (χ0) is 15.2. The molecule has 21 heavy (non-hydrogen) atoms. The Bertz CT molecular complexity index is 586. The van der Waals surface area contributed by atoms with E-state index in [0.717, 1.165) is 29.4 Å². The van der Waals surface area contributed by atoms with Crippen molar-refractivity contribution in [1.29, 1.82) is 0 Å². The molecule has 0 aliphatic heterocycles. The van der Waals surface area contributed by atoms with Crippen molar-refractivity contribution in [3.05, 3.63) is 68.9 Å². The van der Waals surface area contributed by atoms with Crippen molar-refractivity contribution in [2.24, 2.45) is 0 Å². The van der Waals surface area contributed by atoms with Gasteiger partial charge in [-0.1, -0.05) is 52.7 Å². The van der Waals surface area contributed by atoms with Crippen LogP contribution < -0.4 is 5.32 Å². The molecular weight excluding hydrogens is 353 g/mol. The van der Waals surface area contributed by atoms with Crippen LogP contribution in [0.3, 0.4) is 0 Å². The molecule has 1 atom stereocenters. The Balaban J connectivity index is 2.20. The normalized spacial score (nSPS) is 12.4. The lowest BCUT2D eigenvalue weighted by molar-refractivity contribution is 0.527. The zero-order valence-corrected chi connectivity index (χ0v) is 14.2. The Morgan fingerprint density at radius 3 is 2.52 bits per heavy atom. The number of benzene rings is 2. The summed E-state index contributed by atoms with van der Waals surface area (Å²) in [6.45, 7) is 3.04. The van der Waals surface area contributed by atoms with Gasteiger partial charge in [-0.05, 0) is 54.8 Å². The van der Waals surface area contributed by atoms with Gasteiger partial charge in [-0.25, -0.2) is 4.39 Å². The van der Waals surface area contributed by atoms with Gasteiger partial charge in [0.25, 0.3) is 0 Å². The van der Waals surface area contributed by atoms with Gasteiger partial charge < -0.3 is 5.32 Å². The van der Waals surface area contributed by atoms with Crippen molar-refractivity contribution < 1.29 is 4.39 Å². The van der Waals surface area contributed by atoms with E-state index in [4.69, 9.17) is 11.6 Å². The van der Waals surface area contributed by atoms with E-state index in [2.05, 4.69) is 40.3 Å². The molecule has 0 bridgehead atoms. The third-order valence-corrected chi connectivity index (χ3v) is 4.16. The van der Waals surface area contributed by atoms with E-state index in [1.807, 2.05) is 12.1 Å². The quantitative estimate of drug-likeness (QED) is 0.705. The summed E-state index contributed by atoms with van der Waals surface area (Å²) in [5, 5.41) is 3.68. The number of halogens is 3. The molecule has 0 radical (unpaired) electrons. The number of hydrogen-bond acceptors (Lipinski definition) is 1. The van der Waals surface area contributed by atoms with Crippen LogP contribution in [0.15, 0.2) is 46.9 Å². The molecule has 1 nitrogen and oxygen atoms in total. The second kappa shape index (κ2) is 7.92. The van der Waals surface area contributed by atoms with Crippen LogP contribution >= 0.6 is 27.5 Å². The average Bonchev–Trinajstić information content (AvgIpc) is 2.48. The minimum absolute atomic E-state index is 0.129. The van der Waals surface area contributed by atoms with Crippen LogP contribution in [-0.2, 0) is 6.42 Å². The summed E-state index contributed by atoms with van der Waals surface area (Å²) in [5.74, 6) is -0.377. The first kappa shape index (κ1) is 16.5. The van der Waals surface area contributed by atoms with Crippen molar-refractivity contribution in [2.45, 2.75) is 25.8 Å². The maximum absolute atomic E-state index is 13.3. The summed E-state index contributed by atoms with van der Waals surface area (Å²) < 4.78 is 14.4. The summed E-state index contributed by atoms with van der Waals surface area (Å²) in [4.78, 5) is 0. The Morgan fingerprint density at radius 1 is 1.19 bits per heavy atom. The van der Waals surface area contributed by atoms with E-state index >= 15 is 0 Å². The molecular formula is C17H18BrClFN. The van der Waals surface area contributed by atoms with E-state index in [9.17, 15) is 4.39 Å². The average molecular weight is 371 g/mol. The fraction of sp³-hybridized carbons (Fsp3) is 0.294. The lowest BCUT2D eigenvalue weighted by atomic mass is 9.98. The predicted octanol–water partition coefficient (Wildman–Crippen LogP) is 5.53. The van der Waals surface area contributed by atoms with Gasteiger partial charge in [-0.3, -0.25) is 0 Å². The molecule has 4 heteroatoms. The molecule has 0 spiro atoms. The second-order valence-electron chi connectivity index (χ2n) is 5.01. The van der Waals surface area contributed by atoms with E-state index in [1.54, 1.807) is 12.1 Å². The molecule has 0 saturated carbocycles. The predicted molar refractivity (Wildman–Crippen MR) is 90.3 cm³/mol. The maximum atomic E-state index is 13.3. The van der Waals surface area contributed by atoms with Gasteiger partial charge in [-0.2, -0.15) is 0 Å². The van der Waals surface area contributed by atoms with Crippen LogP contribution in [0.1, 0.15) is 30.5 Å². The number of hydrogen-bond donors (Lipinski definition) is 1. The Morgan fingerprint density at radius 2 is 1.90 bits per heavy atom. The summed E-state index contributed by atoms with van der Waals surface area (Å²) in [6, 6.07) is 13.3. The van der Waals surface area contributed by atoms with Gasteiger partial charge in [-0.15, -0.1) is 0 Å². The minimum Gasteiger partial charge on any atom is -0.310 e. The van der Waals surface area contributed by atoms with Crippen molar-refractivity contribution in [3.63, 3.8) is 0 Å². The summed E-state index contributed by atoms with van der Waals surface area (Å²) in [6.07, 6.45) is 1.89. The lowest BCUT2D eigenvalue weighted by Gasteiger charge is -2.19. The van der Waals surface area contributed by atoms with Crippen LogP contribution in [0, 0.1) is 5.82 Å². The van der Waals surface area contributed by atoms with Crippen molar-refractivity contribution in [3.8, 4) is 0 Å². The lowest BCUT2D eigenvalue weighted by Crippen LogP contribution is -2.24. The molecule has 1 N–H and O–H groups in total. The highest BCUT2D eigenvalue weighted by Gasteiger charge is 2.13. The number of rotatable bonds is 6. The molecule has 0 aliphatic rings. The zero-order valence-electron chi connectivity index (χ0n) is 11.9. The van der Waals surface area contributed by atoms with Crippen molar-refractivity contribution in [1.82, 2.24) is 5.32 Å². The second-order valence-corrected chi connectivity index (χ2v) is 6.33. The van der Waals surface area contributed by atoms with E-state index in [-0.39, 0.29) is 16.9 Å². The highest BCUT2D eigenvalue weighted by molar-refractivity contribution is 9.10. The molecule has 1 unspecified atom stereocenters. The molecule has 0 heterocycles. The Hall–Kier alpha value is -0.900. The van der Waals surface area contributed by atoms with Gasteiger partial charge >= 0.3 is 0 Å². The Kier molecular flexibility index (Phi) is 6.22. The first-order valence-corrected chi connectivity index (χ1v) is 8.20. The molecule has 0 amide bonds. The Labute approximate surface area is 138 Å². The van der Waals surface area contributed by atoms with Crippen molar-refractivity contribution in [2.75, 3.05) is 6.54 Å². The molecule has 2 rings (SSSR count). The SMILES string of the molecule is CCCNC(Cc1ccc(Br)cc1)c1ccc(F)c(Cl)c1. The van der Waals surface area contributed by atoms with Gasteiger partial charge in [0.05, 0.1) is 5.02 Å². The van der Waals surface area contributed by atoms with Gasteiger partial charge in [0, 0.05) is 10.5 Å². The van der Waals surface area contributed by atoms with E-state index < -0.39 is 0 Å². The molecule has 2 aromatic rings. The first-order chi connectivity index (χ1) is 10.1. The molecule has 0 fully saturated rings. The fourth-order valence-electron chi connectivity index (χ4n) is 2.21. The molecule has 0 aromatic heterocycles. The topological polar surface area (TPSA) is 12.0 Å².